The summed E-state index contributed by atoms with van der Waals surface area (Å²) in [6.45, 7) is 0. The first-order chi connectivity index (χ1) is 6.11. The molecule has 0 saturated carbocycles. The number of phenolic OH excluding ortho intramolecular Hbond substituents is 1. The Hall–Kier alpha value is -1.10. The van der Waals surface area contributed by atoms with Crippen LogP contribution in [0.1, 0.15) is 0 Å². The SMILES string of the molecule is COc1c(Br)cc(N)c(O)c1OC. The van der Waals surface area contributed by atoms with Crippen molar-refractivity contribution in [1.29, 1.82) is 0 Å². The largest absolute Gasteiger partial charge is 0.503 e. The van der Waals surface area contributed by atoms with Crippen molar-refractivity contribution in [2.45, 2.75) is 0 Å². The Morgan fingerprint density at radius 2 is 1.85 bits per heavy atom. The highest BCUT2D eigenvalue weighted by Gasteiger charge is 2.16. The zero-order valence-electron chi connectivity index (χ0n) is 7.30. The number of anilines is 1. The zero-order chi connectivity index (χ0) is 10.0. The number of nitrogen functional groups attached to an aromatic ring is 1. The maximum atomic E-state index is 9.48. The van der Waals surface area contributed by atoms with Gasteiger partial charge in [-0.05, 0) is 22.0 Å². The molecular formula is C8H10BrNO3. The van der Waals surface area contributed by atoms with Crippen LogP contribution >= 0.6 is 15.9 Å². The van der Waals surface area contributed by atoms with E-state index in [9.17, 15) is 5.11 Å². The fourth-order valence-corrected chi connectivity index (χ4v) is 1.59. The maximum Gasteiger partial charge on any atom is 0.206 e. The van der Waals surface area contributed by atoms with Crippen LogP contribution < -0.4 is 15.2 Å². The van der Waals surface area contributed by atoms with Gasteiger partial charge in [-0.25, -0.2) is 0 Å². The van der Waals surface area contributed by atoms with E-state index in [1.54, 1.807) is 6.07 Å². The molecule has 0 amide bonds. The predicted molar refractivity (Wildman–Crippen MR) is 53.3 cm³/mol. The van der Waals surface area contributed by atoms with Crippen molar-refractivity contribution in [3.05, 3.63) is 10.5 Å². The van der Waals surface area contributed by atoms with E-state index < -0.39 is 0 Å². The van der Waals surface area contributed by atoms with Gasteiger partial charge in [-0.15, -0.1) is 0 Å². The summed E-state index contributed by atoms with van der Waals surface area (Å²) in [4.78, 5) is 0. The standard InChI is InChI=1S/C8H10BrNO3/c1-12-7-4(9)3-5(10)6(11)8(7)13-2/h3,11H,10H2,1-2H3. The van der Waals surface area contributed by atoms with Gasteiger partial charge in [-0.1, -0.05) is 0 Å². The summed E-state index contributed by atoms with van der Waals surface area (Å²) in [5, 5.41) is 9.48. The van der Waals surface area contributed by atoms with Gasteiger partial charge in [0, 0.05) is 0 Å². The molecule has 4 nitrogen and oxygen atoms in total. The zero-order valence-corrected chi connectivity index (χ0v) is 8.88. The molecule has 3 N–H and O–H groups in total. The van der Waals surface area contributed by atoms with E-state index >= 15 is 0 Å². The fraction of sp³-hybridized carbons (Fsp3) is 0.250. The second kappa shape index (κ2) is 3.74. The average Bonchev–Trinajstić information content (AvgIpc) is 2.10. The lowest BCUT2D eigenvalue weighted by Gasteiger charge is -2.12. The van der Waals surface area contributed by atoms with E-state index in [1.807, 2.05) is 0 Å². The van der Waals surface area contributed by atoms with Crippen LogP contribution in [0.2, 0.25) is 0 Å². The molecule has 0 aliphatic carbocycles. The average molecular weight is 248 g/mol. The van der Waals surface area contributed by atoms with Crippen molar-refractivity contribution < 1.29 is 14.6 Å². The van der Waals surface area contributed by atoms with E-state index in [0.29, 0.717) is 10.2 Å². The minimum atomic E-state index is -0.109. The second-order valence-electron chi connectivity index (χ2n) is 2.36. The third-order valence-corrected chi connectivity index (χ3v) is 2.19. The smallest absolute Gasteiger partial charge is 0.206 e. The minimum absolute atomic E-state index is 0.109. The lowest BCUT2D eigenvalue weighted by Crippen LogP contribution is -1.95. The third-order valence-electron chi connectivity index (χ3n) is 1.60. The van der Waals surface area contributed by atoms with Gasteiger partial charge in [0.25, 0.3) is 0 Å². The van der Waals surface area contributed by atoms with Gasteiger partial charge in [-0.2, -0.15) is 0 Å². The van der Waals surface area contributed by atoms with Crippen molar-refractivity contribution in [3.63, 3.8) is 0 Å². The summed E-state index contributed by atoms with van der Waals surface area (Å²) in [7, 11) is 2.92. The Morgan fingerprint density at radius 3 is 2.31 bits per heavy atom. The van der Waals surface area contributed by atoms with Crippen LogP contribution in [-0.4, -0.2) is 19.3 Å². The molecule has 13 heavy (non-hydrogen) atoms. The summed E-state index contributed by atoms with van der Waals surface area (Å²) in [6.07, 6.45) is 0. The molecule has 0 saturated heterocycles. The Morgan fingerprint density at radius 1 is 1.31 bits per heavy atom. The topological polar surface area (TPSA) is 64.7 Å². The number of rotatable bonds is 2. The van der Waals surface area contributed by atoms with Crippen molar-refractivity contribution in [2.24, 2.45) is 0 Å². The van der Waals surface area contributed by atoms with Gasteiger partial charge in [0.1, 0.15) is 0 Å². The number of hydrogen-bond acceptors (Lipinski definition) is 4. The van der Waals surface area contributed by atoms with Crippen LogP contribution in [-0.2, 0) is 0 Å². The Bertz CT molecular complexity index is 328. The molecule has 0 bridgehead atoms. The number of phenols is 1. The number of ether oxygens (including phenoxy) is 2. The molecule has 0 aromatic heterocycles. The van der Waals surface area contributed by atoms with E-state index in [4.69, 9.17) is 15.2 Å². The van der Waals surface area contributed by atoms with E-state index in [-0.39, 0.29) is 17.2 Å². The number of halogens is 1. The minimum Gasteiger partial charge on any atom is -0.503 e. The number of benzene rings is 1. The molecule has 0 spiro atoms. The Labute approximate surface area is 84.4 Å². The van der Waals surface area contributed by atoms with Crippen LogP contribution in [0.15, 0.2) is 10.5 Å². The molecular weight excluding hydrogens is 238 g/mol. The molecule has 0 heterocycles. The Kier molecular flexibility index (Phi) is 2.87. The van der Waals surface area contributed by atoms with Crippen molar-refractivity contribution in [1.82, 2.24) is 0 Å². The Balaban J connectivity index is 3.41. The van der Waals surface area contributed by atoms with E-state index in [1.165, 1.54) is 14.2 Å². The van der Waals surface area contributed by atoms with Gasteiger partial charge in [-0.3, -0.25) is 0 Å². The van der Waals surface area contributed by atoms with Crippen LogP contribution in [0.3, 0.4) is 0 Å². The maximum absolute atomic E-state index is 9.48. The third kappa shape index (κ3) is 1.65. The molecule has 72 valence electrons. The van der Waals surface area contributed by atoms with Crippen molar-refractivity contribution in [3.8, 4) is 17.2 Å². The lowest BCUT2D eigenvalue weighted by atomic mass is 10.2. The van der Waals surface area contributed by atoms with Gasteiger partial charge < -0.3 is 20.3 Å². The van der Waals surface area contributed by atoms with E-state index in [2.05, 4.69) is 15.9 Å². The second-order valence-corrected chi connectivity index (χ2v) is 3.22. The molecule has 0 radical (unpaired) electrons. The molecule has 1 aromatic carbocycles. The first-order valence-corrected chi connectivity index (χ1v) is 4.30. The monoisotopic (exact) mass is 247 g/mol. The van der Waals surface area contributed by atoms with Crippen LogP contribution in [0.25, 0.3) is 0 Å². The molecule has 0 aliphatic heterocycles. The first kappa shape index (κ1) is 9.98. The lowest BCUT2D eigenvalue weighted by molar-refractivity contribution is 0.332. The molecule has 0 atom stereocenters. The van der Waals surface area contributed by atoms with Crippen molar-refractivity contribution >= 4 is 21.6 Å². The molecule has 5 heteroatoms. The number of nitrogens with two attached hydrogens (primary N) is 1. The number of hydrogen-bond donors (Lipinski definition) is 2. The fourth-order valence-electron chi connectivity index (χ4n) is 0.997. The molecule has 0 unspecified atom stereocenters. The van der Waals surface area contributed by atoms with Crippen LogP contribution in [0, 0.1) is 0 Å². The molecule has 1 aromatic rings. The molecule has 0 aliphatic rings. The molecule has 0 fully saturated rings. The van der Waals surface area contributed by atoms with Crippen molar-refractivity contribution in [2.75, 3.05) is 20.0 Å². The van der Waals surface area contributed by atoms with Gasteiger partial charge in [0.15, 0.2) is 11.5 Å². The van der Waals surface area contributed by atoms with Gasteiger partial charge >= 0.3 is 0 Å². The van der Waals surface area contributed by atoms with Crippen LogP contribution in [0.4, 0.5) is 5.69 Å². The van der Waals surface area contributed by atoms with Crippen LogP contribution in [0.5, 0.6) is 17.2 Å². The van der Waals surface area contributed by atoms with Gasteiger partial charge in [0.2, 0.25) is 5.75 Å². The quantitative estimate of drug-likeness (QED) is 0.618. The number of methoxy groups -OCH3 is 2. The van der Waals surface area contributed by atoms with Gasteiger partial charge in [0.05, 0.1) is 24.4 Å². The first-order valence-electron chi connectivity index (χ1n) is 3.50. The van der Waals surface area contributed by atoms with E-state index in [0.717, 1.165) is 0 Å². The number of aromatic hydroxyl groups is 1. The summed E-state index contributed by atoms with van der Waals surface area (Å²) < 4.78 is 10.6. The summed E-state index contributed by atoms with van der Waals surface area (Å²) in [5.41, 5.74) is 5.75. The highest BCUT2D eigenvalue weighted by Crippen LogP contribution is 2.45. The predicted octanol–water partition coefficient (Wildman–Crippen LogP) is 1.75. The normalized spacial score (nSPS) is 9.77. The highest BCUT2D eigenvalue weighted by molar-refractivity contribution is 9.10. The summed E-state index contributed by atoms with van der Waals surface area (Å²) in [6, 6.07) is 1.55. The molecule has 1 rings (SSSR count). The summed E-state index contributed by atoms with van der Waals surface area (Å²) in [5.74, 6) is 0.547. The summed E-state index contributed by atoms with van der Waals surface area (Å²) >= 11 is 3.24. The highest BCUT2D eigenvalue weighted by atomic mass is 79.9.